The molecule has 0 saturated carbocycles. The third-order valence-electron chi connectivity index (χ3n) is 4.80. The third kappa shape index (κ3) is 3.83. The summed E-state index contributed by atoms with van der Waals surface area (Å²) in [4.78, 5) is 45.1. The Balaban J connectivity index is 1.94. The number of benzene rings is 2. The molecule has 7 nitrogen and oxygen atoms in total. The van der Waals surface area contributed by atoms with E-state index in [1.807, 2.05) is 0 Å². The Labute approximate surface area is 176 Å². The number of fused-ring (bicyclic) bond motifs is 2. The molecule has 2 heterocycles. The number of aliphatic hydroxyl groups is 1. The summed E-state index contributed by atoms with van der Waals surface area (Å²) in [6.07, 6.45) is 0.161. The van der Waals surface area contributed by atoms with E-state index in [1.165, 1.54) is 23.1 Å². The third-order valence-corrected chi connectivity index (χ3v) is 4.80. The fourth-order valence-electron chi connectivity index (χ4n) is 3.44. The molecule has 8 heteroatoms. The highest BCUT2D eigenvalue weighted by Gasteiger charge is 2.34. The number of H-pyrrole nitrogens is 1. The second kappa shape index (κ2) is 7.45. The SMILES string of the molecule is CC(C)(O)CC#Cc1cccc2c1C(=O)C(=O)CN2c1nc(=O)[nH]c2cccc(F)c12. The van der Waals surface area contributed by atoms with Gasteiger partial charge in [0.05, 0.1) is 34.3 Å². The van der Waals surface area contributed by atoms with Gasteiger partial charge in [0.2, 0.25) is 11.6 Å². The number of aromatic amines is 1. The molecule has 2 aromatic carbocycles. The van der Waals surface area contributed by atoms with Crippen LogP contribution < -0.4 is 10.6 Å². The van der Waals surface area contributed by atoms with E-state index in [0.717, 1.165) is 0 Å². The zero-order valence-corrected chi connectivity index (χ0v) is 16.8. The average molecular weight is 419 g/mol. The summed E-state index contributed by atoms with van der Waals surface area (Å²) in [6, 6.07) is 9.04. The number of nitrogens with one attached hydrogen (secondary N) is 1. The maximum Gasteiger partial charge on any atom is 0.347 e. The molecule has 0 atom stereocenters. The quantitative estimate of drug-likeness (QED) is 0.489. The first-order valence-electron chi connectivity index (χ1n) is 9.53. The van der Waals surface area contributed by atoms with E-state index in [2.05, 4.69) is 21.8 Å². The number of ketones is 2. The summed E-state index contributed by atoms with van der Waals surface area (Å²) in [5, 5.41) is 9.90. The molecule has 31 heavy (non-hydrogen) atoms. The van der Waals surface area contributed by atoms with E-state index in [-0.39, 0.29) is 35.2 Å². The van der Waals surface area contributed by atoms with Gasteiger partial charge < -0.3 is 15.0 Å². The first kappa shape index (κ1) is 20.4. The van der Waals surface area contributed by atoms with E-state index < -0.39 is 28.7 Å². The van der Waals surface area contributed by atoms with Crippen LogP contribution in [0.4, 0.5) is 15.9 Å². The number of carbonyl (C=O) groups is 2. The average Bonchev–Trinajstić information content (AvgIpc) is 2.69. The molecule has 0 amide bonds. The summed E-state index contributed by atoms with van der Waals surface area (Å²) in [6.45, 7) is 2.83. The Morgan fingerprint density at radius 2 is 1.94 bits per heavy atom. The molecule has 2 N–H and O–H groups in total. The maximum absolute atomic E-state index is 14.7. The lowest BCUT2D eigenvalue weighted by molar-refractivity contribution is -0.114. The monoisotopic (exact) mass is 419 g/mol. The molecule has 3 aromatic rings. The van der Waals surface area contributed by atoms with Gasteiger partial charge in [-0.25, -0.2) is 9.18 Å². The number of hydrogen-bond donors (Lipinski definition) is 2. The van der Waals surface area contributed by atoms with Gasteiger partial charge in [0.1, 0.15) is 5.82 Å². The van der Waals surface area contributed by atoms with Crippen molar-refractivity contribution in [3.8, 4) is 11.8 Å². The Bertz CT molecular complexity index is 1360. The van der Waals surface area contributed by atoms with E-state index in [9.17, 15) is 23.9 Å². The van der Waals surface area contributed by atoms with Crippen molar-refractivity contribution >= 4 is 34.0 Å². The number of anilines is 2. The summed E-state index contributed by atoms with van der Waals surface area (Å²) in [5.74, 6) is 3.54. The minimum atomic E-state index is -1.01. The van der Waals surface area contributed by atoms with Crippen LogP contribution in [0.1, 0.15) is 36.2 Å². The predicted molar refractivity (Wildman–Crippen MR) is 113 cm³/mol. The van der Waals surface area contributed by atoms with E-state index in [1.54, 1.807) is 32.0 Å². The van der Waals surface area contributed by atoms with E-state index in [0.29, 0.717) is 11.3 Å². The van der Waals surface area contributed by atoms with Gasteiger partial charge in [-0.2, -0.15) is 4.98 Å². The van der Waals surface area contributed by atoms with Gasteiger partial charge in [-0.15, -0.1) is 0 Å². The number of hydrogen-bond acceptors (Lipinski definition) is 6. The standard InChI is InChI=1S/C23H18FN3O4/c1-23(2,31)11-5-7-13-6-3-10-16-18(13)20(29)17(28)12-27(16)21-19-14(24)8-4-9-15(19)25-22(30)26-21/h3-4,6,8-10,31H,11-12H2,1-2H3,(H,25,26,30). The number of Topliss-reactive ketones (excluding diaryl/α,β-unsaturated/α-hetero) is 2. The maximum atomic E-state index is 14.7. The highest BCUT2D eigenvalue weighted by molar-refractivity contribution is 6.48. The van der Waals surface area contributed by atoms with E-state index in [4.69, 9.17) is 0 Å². The number of rotatable bonds is 2. The molecule has 0 saturated heterocycles. The lowest BCUT2D eigenvalue weighted by Gasteiger charge is -2.29. The first-order chi connectivity index (χ1) is 14.7. The van der Waals surface area contributed by atoms with Crippen molar-refractivity contribution in [2.24, 2.45) is 0 Å². The summed E-state index contributed by atoms with van der Waals surface area (Å²) < 4.78 is 14.7. The Morgan fingerprint density at radius 3 is 2.68 bits per heavy atom. The largest absolute Gasteiger partial charge is 0.389 e. The van der Waals surface area contributed by atoms with Crippen LogP contribution in [-0.4, -0.2) is 38.8 Å². The lowest BCUT2D eigenvalue weighted by Crippen LogP contribution is -2.38. The van der Waals surface area contributed by atoms with Crippen LogP contribution >= 0.6 is 0 Å². The van der Waals surface area contributed by atoms with Crippen molar-refractivity contribution in [1.29, 1.82) is 0 Å². The van der Waals surface area contributed by atoms with Crippen molar-refractivity contribution in [3.63, 3.8) is 0 Å². The zero-order chi connectivity index (χ0) is 22.3. The molecule has 0 aliphatic carbocycles. The molecule has 1 aromatic heterocycles. The fourth-order valence-corrected chi connectivity index (χ4v) is 3.44. The molecule has 0 fully saturated rings. The van der Waals surface area contributed by atoms with Crippen molar-refractivity contribution in [1.82, 2.24) is 9.97 Å². The highest BCUT2D eigenvalue weighted by Crippen LogP contribution is 2.36. The van der Waals surface area contributed by atoms with Crippen LogP contribution in [0, 0.1) is 17.7 Å². The Kier molecular flexibility index (Phi) is 4.91. The van der Waals surface area contributed by atoms with Crippen molar-refractivity contribution < 1.29 is 19.1 Å². The summed E-state index contributed by atoms with van der Waals surface area (Å²) in [7, 11) is 0. The normalized spacial score (nSPS) is 13.7. The topological polar surface area (TPSA) is 103 Å². The molecular formula is C23H18FN3O4. The smallest absolute Gasteiger partial charge is 0.347 e. The van der Waals surface area contributed by atoms with Gasteiger partial charge in [-0.1, -0.05) is 24.0 Å². The second-order valence-corrected chi connectivity index (χ2v) is 7.86. The highest BCUT2D eigenvalue weighted by atomic mass is 19.1. The Morgan fingerprint density at radius 1 is 1.19 bits per heavy atom. The van der Waals surface area contributed by atoms with Gasteiger partial charge in [-0.05, 0) is 38.1 Å². The van der Waals surface area contributed by atoms with Crippen molar-refractivity contribution in [2.45, 2.75) is 25.9 Å². The molecule has 0 radical (unpaired) electrons. The second-order valence-electron chi connectivity index (χ2n) is 7.86. The minimum absolute atomic E-state index is 0.0358. The van der Waals surface area contributed by atoms with Crippen LogP contribution in [0.5, 0.6) is 0 Å². The van der Waals surface area contributed by atoms with Gasteiger partial charge in [0.25, 0.3) is 0 Å². The summed E-state index contributed by atoms with van der Waals surface area (Å²) >= 11 is 0. The van der Waals surface area contributed by atoms with Crippen molar-refractivity contribution in [2.75, 3.05) is 11.4 Å². The lowest BCUT2D eigenvalue weighted by atomic mass is 9.93. The van der Waals surface area contributed by atoms with Crippen LogP contribution in [0.2, 0.25) is 0 Å². The number of nitrogens with zero attached hydrogens (tertiary/aromatic N) is 2. The molecule has 1 aliphatic heterocycles. The van der Waals surface area contributed by atoms with Gasteiger partial charge >= 0.3 is 5.69 Å². The van der Waals surface area contributed by atoms with Gasteiger partial charge in [-0.3, -0.25) is 9.59 Å². The predicted octanol–water partition coefficient (Wildman–Crippen LogP) is 2.48. The Hall–Kier alpha value is -3.83. The van der Waals surface area contributed by atoms with Crippen LogP contribution in [0.3, 0.4) is 0 Å². The first-order valence-corrected chi connectivity index (χ1v) is 9.53. The van der Waals surface area contributed by atoms with Gasteiger partial charge in [0, 0.05) is 12.0 Å². The number of carbonyl (C=O) groups excluding carboxylic acids is 2. The molecule has 0 spiro atoms. The van der Waals surface area contributed by atoms with Gasteiger partial charge in [0.15, 0.2) is 5.82 Å². The number of aromatic nitrogens is 2. The van der Waals surface area contributed by atoms with E-state index >= 15 is 0 Å². The molecule has 0 unspecified atom stereocenters. The molecular weight excluding hydrogens is 401 g/mol. The van der Waals surface area contributed by atoms with Crippen LogP contribution in [0.15, 0.2) is 41.2 Å². The molecule has 4 rings (SSSR count). The minimum Gasteiger partial charge on any atom is -0.389 e. The molecule has 156 valence electrons. The van der Waals surface area contributed by atoms with Crippen LogP contribution in [-0.2, 0) is 4.79 Å². The van der Waals surface area contributed by atoms with Crippen molar-refractivity contribution in [3.05, 3.63) is 63.8 Å². The van der Waals surface area contributed by atoms with Crippen LogP contribution in [0.25, 0.3) is 10.9 Å². The fraction of sp³-hybridized carbons (Fsp3) is 0.217. The zero-order valence-electron chi connectivity index (χ0n) is 16.8. The summed E-state index contributed by atoms with van der Waals surface area (Å²) in [5.41, 5.74) is -0.823. The number of halogens is 1. The molecule has 0 bridgehead atoms. The molecule has 1 aliphatic rings.